The van der Waals surface area contributed by atoms with Gasteiger partial charge in [-0.05, 0) is 77.1 Å². The number of nitrogens with one attached hydrogen (secondary N) is 2. The molecule has 5 aromatic rings. The van der Waals surface area contributed by atoms with Crippen LogP contribution in [0.1, 0.15) is 21.5 Å². The summed E-state index contributed by atoms with van der Waals surface area (Å²) in [7, 11) is 0. The van der Waals surface area contributed by atoms with Gasteiger partial charge in [-0.3, -0.25) is 14.4 Å². The lowest BCUT2D eigenvalue weighted by Crippen LogP contribution is -2.37. The number of fused-ring (bicyclic) bond motifs is 1. The Balaban J connectivity index is 1.33. The maximum absolute atomic E-state index is 13.2. The molecule has 1 aliphatic heterocycles. The number of anilines is 1. The molecule has 232 valence electrons. The second-order valence-corrected chi connectivity index (χ2v) is 11.7. The van der Waals surface area contributed by atoms with E-state index in [1.807, 2.05) is 78.0 Å². The van der Waals surface area contributed by atoms with Gasteiger partial charge in [0.2, 0.25) is 0 Å². The van der Waals surface area contributed by atoms with Crippen LogP contribution in [0.15, 0.2) is 96.5 Å². The van der Waals surface area contributed by atoms with Crippen molar-refractivity contribution in [1.82, 2.24) is 10.3 Å². The standard InChI is InChI=1S/C35H30FN5O4S/c1-20-24(7-4-8-30(20)41-15-16-46-35(41)34(38)44)26-13-14-27(33(37)43)32-28(26)17-29(40-32)25-6-3-2-5-21(25)18-39-31(42)19-45-23-11-9-22(36)10-12-23/h2-17,35,40H,18-19H2,1H3,(H2,37,43)(H2,38,44)(H,39,42). The Morgan fingerprint density at radius 3 is 2.48 bits per heavy atom. The fourth-order valence-corrected chi connectivity index (χ4v) is 6.39. The van der Waals surface area contributed by atoms with E-state index in [1.165, 1.54) is 36.0 Å². The van der Waals surface area contributed by atoms with Crippen LogP contribution in [0.3, 0.4) is 0 Å². The van der Waals surface area contributed by atoms with Crippen molar-refractivity contribution in [2.45, 2.75) is 18.8 Å². The van der Waals surface area contributed by atoms with Crippen molar-refractivity contribution >= 4 is 46.1 Å². The number of amides is 3. The number of aromatic nitrogens is 1. The molecule has 0 aliphatic carbocycles. The summed E-state index contributed by atoms with van der Waals surface area (Å²) in [5, 5.41) is 4.96. The lowest BCUT2D eigenvalue weighted by molar-refractivity contribution is -0.123. The SMILES string of the molecule is Cc1c(-c2ccc(C(N)=O)c3[nH]c(-c4ccccc4CNC(=O)COc4ccc(F)cc4)cc23)cccc1N1C=CSC1C(N)=O. The van der Waals surface area contributed by atoms with E-state index in [0.717, 1.165) is 44.6 Å². The molecule has 4 aromatic carbocycles. The van der Waals surface area contributed by atoms with Crippen LogP contribution >= 0.6 is 11.8 Å². The Morgan fingerprint density at radius 1 is 0.957 bits per heavy atom. The number of rotatable bonds is 10. The first-order valence-electron chi connectivity index (χ1n) is 14.4. The molecular formula is C35H30FN5O4S. The largest absolute Gasteiger partial charge is 0.484 e. The zero-order valence-electron chi connectivity index (χ0n) is 24.8. The number of aromatic amines is 1. The highest BCUT2D eigenvalue weighted by atomic mass is 32.2. The fourth-order valence-electron chi connectivity index (χ4n) is 5.59. The molecule has 6 rings (SSSR count). The first-order chi connectivity index (χ1) is 22.2. The van der Waals surface area contributed by atoms with Crippen molar-refractivity contribution in [1.29, 1.82) is 0 Å². The quantitative estimate of drug-likeness (QED) is 0.158. The number of thioether (sulfide) groups is 1. The van der Waals surface area contributed by atoms with Gasteiger partial charge in [-0.2, -0.15) is 0 Å². The normalized spacial score (nSPS) is 14.0. The van der Waals surface area contributed by atoms with Gasteiger partial charge in [0.1, 0.15) is 11.6 Å². The number of carbonyl (C=O) groups excluding carboxylic acids is 3. The topological polar surface area (TPSA) is 144 Å². The van der Waals surface area contributed by atoms with E-state index >= 15 is 0 Å². The molecule has 1 aromatic heterocycles. The van der Waals surface area contributed by atoms with Gasteiger partial charge in [-0.1, -0.05) is 54.2 Å². The molecule has 0 saturated heterocycles. The molecule has 46 heavy (non-hydrogen) atoms. The molecule has 6 N–H and O–H groups in total. The van der Waals surface area contributed by atoms with E-state index in [0.29, 0.717) is 16.8 Å². The molecule has 0 spiro atoms. The molecule has 3 amide bonds. The number of nitrogens with two attached hydrogens (primary N) is 2. The van der Waals surface area contributed by atoms with Crippen LogP contribution in [0.4, 0.5) is 10.1 Å². The van der Waals surface area contributed by atoms with E-state index in [-0.39, 0.29) is 24.9 Å². The second kappa shape index (κ2) is 12.8. The Labute approximate surface area is 268 Å². The van der Waals surface area contributed by atoms with Crippen molar-refractivity contribution in [2.24, 2.45) is 11.5 Å². The molecule has 0 fully saturated rings. The van der Waals surface area contributed by atoms with Crippen molar-refractivity contribution in [3.05, 3.63) is 119 Å². The van der Waals surface area contributed by atoms with Gasteiger partial charge >= 0.3 is 0 Å². The van der Waals surface area contributed by atoms with Crippen molar-refractivity contribution < 1.29 is 23.5 Å². The molecule has 0 radical (unpaired) electrons. The highest BCUT2D eigenvalue weighted by Gasteiger charge is 2.28. The van der Waals surface area contributed by atoms with Gasteiger partial charge < -0.3 is 31.4 Å². The number of hydrogen-bond donors (Lipinski definition) is 4. The zero-order valence-corrected chi connectivity index (χ0v) is 25.6. The molecule has 9 nitrogen and oxygen atoms in total. The second-order valence-electron chi connectivity index (χ2n) is 10.7. The van der Waals surface area contributed by atoms with E-state index in [2.05, 4.69) is 10.3 Å². The minimum absolute atomic E-state index is 0.218. The Kier molecular flexibility index (Phi) is 8.49. The first kappa shape index (κ1) is 30.5. The highest BCUT2D eigenvalue weighted by Crippen LogP contribution is 2.40. The summed E-state index contributed by atoms with van der Waals surface area (Å²) in [5.74, 6) is -1.34. The predicted octanol–water partition coefficient (Wildman–Crippen LogP) is 5.58. The van der Waals surface area contributed by atoms with E-state index in [9.17, 15) is 18.8 Å². The van der Waals surface area contributed by atoms with Gasteiger partial charge in [0.25, 0.3) is 17.7 Å². The van der Waals surface area contributed by atoms with Crippen LogP contribution in [-0.2, 0) is 16.1 Å². The minimum atomic E-state index is -0.569. The number of hydrogen-bond acceptors (Lipinski definition) is 6. The monoisotopic (exact) mass is 635 g/mol. The van der Waals surface area contributed by atoms with Crippen LogP contribution in [0.25, 0.3) is 33.3 Å². The number of H-pyrrole nitrogens is 1. The number of halogens is 1. The number of ether oxygens (including phenoxy) is 1. The number of benzene rings is 4. The highest BCUT2D eigenvalue weighted by molar-refractivity contribution is 8.03. The molecule has 1 aliphatic rings. The molecule has 1 atom stereocenters. The summed E-state index contributed by atoms with van der Waals surface area (Å²) in [6, 6.07) is 24.5. The first-order valence-corrected chi connectivity index (χ1v) is 15.3. The fraction of sp³-hybridized carbons (Fsp3) is 0.114. The maximum Gasteiger partial charge on any atom is 0.258 e. The van der Waals surface area contributed by atoms with E-state index < -0.39 is 17.2 Å². The summed E-state index contributed by atoms with van der Waals surface area (Å²) in [6.45, 7) is 1.98. The Morgan fingerprint density at radius 2 is 1.72 bits per heavy atom. The van der Waals surface area contributed by atoms with Crippen molar-refractivity contribution in [3.63, 3.8) is 0 Å². The summed E-state index contributed by atoms with van der Waals surface area (Å²) in [4.78, 5) is 42.4. The number of primary amides is 2. The van der Waals surface area contributed by atoms with Crippen molar-refractivity contribution in [3.8, 4) is 28.1 Å². The minimum Gasteiger partial charge on any atom is -0.484 e. The Bertz CT molecular complexity index is 2010. The average molecular weight is 636 g/mol. The number of nitrogens with zero attached hydrogens (tertiary/aromatic N) is 1. The summed E-state index contributed by atoms with van der Waals surface area (Å²) in [6.07, 6.45) is 1.84. The summed E-state index contributed by atoms with van der Waals surface area (Å²) >= 11 is 1.35. The van der Waals surface area contributed by atoms with Crippen LogP contribution in [0, 0.1) is 12.7 Å². The molecule has 1 unspecified atom stereocenters. The van der Waals surface area contributed by atoms with Crippen LogP contribution in [-0.4, -0.2) is 34.7 Å². The zero-order chi connectivity index (χ0) is 32.4. The lowest BCUT2D eigenvalue weighted by atomic mass is 9.94. The van der Waals surface area contributed by atoms with E-state index in [1.54, 1.807) is 6.07 Å². The number of carbonyl (C=O) groups is 3. The smallest absolute Gasteiger partial charge is 0.258 e. The van der Waals surface area contributed by atoms with Crippen LogP contribution < -0.4 is 26.4 Å². The maximum atomic E-state index is 13.2. The van der Waals surface area contributed by atoms with Crippen LogP contribution in [0.5, 0.6) is 5.75 Å². The van der Waals surface area contributed by atoms with Gasteiger partial charge in [-0.25, -0.2) is 4.39 Å². The predicted molar refractivity (Wildman–Crippen MR) is 178 cm³/mol. The molecule has 11 heteroatoms. The van der Waals surface area contributed by atoms with Crippen LogP contribution in [0.2, 0.25) is 0 Å². The molecular weight excluding hydrogens is 605 g/mol. The summed E-state index contributed by atoms with van der Waals surface area (Å²) in [5.41, 5.74) is 18.3. The summed E-state index contributed by atoms with van der Waals surface area (Å²) < 4.78 is 18.6. The third-order valence-electron chi connectivity index (χ3n) is 7.82. The third-order valence-corrected chi connectivity index (χ3v) is 8.82. The molecule has 2 heterocycles. The van der Waals surface area contributed by atoms with E-state index in [4.69, 9.17) is 16.2 Å². The van der Waals surface area contributed by atoms with Crippen molar-refractivity contribution in [2.75, 3.05) is 11.5 Å². The lowest BCUT2D eigenvalue weighted by Gasteiger charge is -2.25. The third kappa shape index (κ3) is 6.04. The van der Waals surface area contributed by atoms with Gasteiger partial charge in [0, 0.05) is 35.1 Å². The van der Waals surface area contributed by atoms with Gasteiger partial charge in [-0.15, -0.1) is 0 Å². The van der Waals surface area contributed by atoms with Gasteiger partial charge in [0.05, 0.1) is 11.1 Å². The molecule has 0 bridgehead atoms. The average Bonchev–Trinajstić information content (AvgIpc) is 3.72. The Hall–Kier alpha value is -5.55. The van der Waals surface area contributed by atoms with Gasteiger partial charge in [0.15, 0.2) is 12.0 Å². The molecule has 0 saturated carbocycles.